The predicted octanol–water partition coefficient (Wildman–Crippen LogP) is 3.70. The molecule has 0 bridgehead atoms. The summed E-state index contributed by atoms with van der Waals surface area (Å²) in [5.41, 5.74) is 0.714. The maximum atomic E-state index is 12.3. The third kappa shape index (κ3) is 2.97. The van der Waals surface area contributed by atoms with Crippen molar-refractivity contribution in [2.45, 2.75) is 6.54 Å². The molecular formula is C15H8ClN3O3S2. The van der Waals surface area contributed by atoms with E-state index in [0.29, 0.717) is 15.3 Å². The fourth-order valence-corrected chi connectivity index (χ4v) is 4.19. The lowest BCUT2D eigenvalue weighted by Crippen LogP contribution is -2.16. The zero-order valence-corrected chi connectivity index (χ0v) is 14.3. The number of amides is 1. The van der Waals surface area contributed by atoms with Crippen molar-refractivity contribution in [2.75, 3.05) is 0 Å². The Morgan fingerprint density at radius 2 is 2.17 bits per heavy atom. The zero-order valence-electron chi connectivity index (χ0n) is 11.9. The third-order valence-electron chi connectivity index (χ3n) is 3.08. The number of rotatable bonds is 3. The van der Waals surface area contributed by atoms with Crippen molar-refractivity contribution < 1.29 is 9.72 Å². The normalized spacial score (nSPS) is 11.6. The maximum Gasteiger partial charge on any atom is 0.324 e. The van der Waals surface area contributed by atoms with Gasteiger partial charge in [0.05, 0.1) is 26.7 Å². The molecule has 0 aliphatic heterocycles. The molecular weight excluding hydrogens is 370 g/mol. The number of hydrogen-bond acceptors (Lipinski definition) is 5. The second-order valence-electron chi connectivity index (χ2n) is 4.57. The Morgan fingerprint density at radius 3 is 2.83 bits per heavy atom. The van der Waals surface area contributed by atoms with E-state index in [0.717, 1.165) is 16.0 Å². The van der Waals surface area contributed by atoms with E-state index in [4.69, 9.17) is 18.0 Å². The van der Waals surface area contributed by atoms with Gasteiger partial charge in [-0.2, -0.15) is 4.99 Å². The highest BCUT2D eigenvalue weighted by atomic mass is 35.5. The summed E-state index contributed by atoms with van der Waals surface area (Å²) < 4.78 is 2.53. The quantitative estimate of drug-likeness (QED) is 0.396. The van der Waals surface area contributed by atoms with E-state index >= 15 is 0 Å². The number of carbonyl (C=O) groups is 1. The largest absolute Gasteiger partial charge is 0.324 e. The lowest BCUT2D eigenvalue weighted by atomic mass is 10.3. The highest BCUT2D eigenvalue weighted by molar-refractivity contribution is 7.17. The zero-order chi connectivity index (χ0) is 17.3. The van der Waals surface area contributed by atoms with Crippen LogP contribution >= 0.6 is 34.3 Å². The molecule has 0 atom stereocenters. The van der Waals surface area contributed by atoms with Gasteiger partial charge in [0.1, 0.15) is 4.88 Å². The average Bonchev–Trinajstić information content (AvgIpc) is 3.14. The topological polar surface area (TPSA) is 77.5 Å². The summed E-state index contributed by atoms with van der Waals surface area (Å²) in [5.74, 6) is 1.96. The van der Waals surface area contributed by atoms with E-state index in [1.165, 1.54) is 23.5 Å². The molecule has 6 nitrogen and oxygen atoms in total. The summed E-state index contributed by atoms with van der Waals surface area (Å²) in [7, 11) is 0. The maximum absolute atomic E-state index is 12.3. The molecule has 120 valence electrons. The van der Waals surface area contributed by atoms with Crippen molar-refractivity contribution in [3.63, 3.8) is 0 Å². The van der Waals surface area contributed by atoms with Crippen molar-refractivity contribution in [1.82, 2.24) is 4.57 Å². The first-order valence-electron chi connectivity index (χ1n) is 6.56. The van der Waals surface area contributed by atoms with E-state index in [2.05, 4.69) is 10.9 Å². The number of carbonyl (C=O) groups excluding carboxylic acids is 1. The van der Waals surface area contributed by atoms with Crippen LogP contribution in [0.5, 0.6) is 0 Å². The summed E-state index contributed by atoms with van der Waals surface area (Å²) >= 11 is 8.29. The van der Waals surface area contributed by atoms with Crippen LogP contribution in [0.4, 0.5) is 5.00 Å². The van der Waals surface area contributed by atoms with Gasteiger partial charge in [-0.15, -0.1) is 6.42 Å². The molecule has 9 heteroatoms. The number of aromatic nitrogens is 1. The van der Waals surface area contributed by atoms with Crippen LogP contribution in [0, 0.1) is 22.5 Å². The smallest absolute Gasteiger partial charge is 0.303 e. The Hall–Kier alpha value is -2.47. The van der Waals surface area contributed by atoms with Crippen molar-refractivity contribution in [3.05, 3.63) is 55.1 Å². The first-order valence-corrected chi connectivity index (χ1v) is 8.57. The highest BCUT2D eigenvalue weighted by Gasteiger charge is 2.16. The van der Waals surface area contributed by atoms with Crippen LogP contribution in [0.3, 0.4) is 0 Å². The molecule has 0 aliphatic carbocycles. The lowest BCUT2D eigenvalue weighted by molar-refractivity contribution is -0.380. The average molecular weight is 378 g/mol. The third-order valence-corrected chi connectivity index (χ3v) is 5.45. The molecule has 0 saturated carbocycles. The van der Waals surface area contributed by atoms with Crippen LogP contribution in [-0.4, -0.2) is 15.4 Å². The molecule has 0 saturated heterocycles. The summed E-state index contributed by atoms with van der Waals surface area (Å²) in [6.45, 7) is 0.209. The van der Waals surface area contributed by atoms with Crippen LogP contribution < -0.4 is 4.80 Å². The first kappa shape index (κ1) is 16.4. The van der Waals surface area contributed by atoms with E-state index in [9.17, 15) is 14.9 Å². The highest BCUT2D eigenvalue weighted by Crippen LogP contribution is 2.26. The first-order chi connectivity index (χ1) is 11.5. The summed E-state index contributed by atoms with van der Waals surface area (Å²) in [6, 6.07) is 8.07. The number of terminal acetylenes is 1. The van der Waals surface area contributed by atoms with Gasteiger partial charge in [-0.25, -0.2) is 0 Å². The molecule has 1 amide bonds. The predicted molar refractivity (Wildman–Crippen MR) is 94.5 cm³/mol. The van der Waals surface area contributed by atoms with E-state index in [-0.39, 0.29) is 16.4 Å². The molecule has 0 aliphatic rings. The molecule has 1 aromatic carbocycles. The fraction of sp³-hybridized carbons (Fsp3) is 0.0667. The van der Waals surface area contributed by atoms with Crippen LogP contribution in [-0.2, 0) is 6.54 Å². The Balaban J connectivity index is 2.13. The van der Waals surface area contributed by atoms with Gasteiger partial charge in [0.2, 0.25) is 0 Å². The second-order valence-corrected chi connectivity index (χ2v) is 7.05. The van der Waals surface area contributed by atoms with Crippen LogP contribution in [0.1, 0.15) is 9.67 Å². The van der Waals surface area contributed by atoms with Crippen LogP contribution in [0.2, 0.25) is 5.02 Å². The Kier molecular flexibility index (Phi) is 4.49. The second kappa shape index (κ2) is 6.57. The van der Waals surface area contributed by atoms with Gasteiger partial charge in [0.15, 0.2) is 4.80 Å². The fourth-order valence-electron chi connectivity index (χ4n) is 2.09. The standard InChI is InChI=1S/C15H8ClN3O3S2/c1-2-8-18-13-9(16)4-3-5-10(13)24-15(18)17-14(20)11-6-7-12(23-11)19(21)22/h1,3-7H,8H2. The Labute approximate surface area is 148 Å². The molecule has 2 heterocycles. The number of hydrogen-bond donors (Lipinski definition) is 0. The van der Waals surface area contributed by atoms with Crippen molar-refractivity contribution in [1.29, 1.82) is 0 Å². The summed E-state index contributed by atoms with van der Waals surface area (Å²) in [4.78, 5) is 27.1. The molecule has 3 aromatic rings. The van der Waals surface area contributed by atoms with Crippen molar-refractivity contribution in [3.8, 4) is 12.3 Å². The van der Waals surface area contributed by atoms with Gasteiger partial charge in [0, 0.05) is 6.07 Å². The molecule has 0 spiro atoms. The minimum absolute atomic E-state index is 0.107. The molecule has 2 aromatic heterocycles. The van der Waals surface area contributed by atoms with Gasteiger partial charge in [-0.05, 0) is 18.2 Å². The van der Waals surface area contributed by atoms with E-state index in [1.54, 1.807) is 16.7 Å². The molecule has 0 N–H and O–H groups in total. The monoisotopic (exact) mass is 377 g/mol. The number of fused-ring (bicyclic) bond motifs is 1. The minimum Gasteiger partial charge on any atom is -0.303 e. The van der Waals surface area contributed by atoms with Gasteiger partial charge in [-0.3, -0.25) is 14.9 Å². The van der Waals surface area contributed by atoms with Crippen molar-refractivity contribution in [2.24, 2.45) is 4.99 Å². The summed E-state index contributed by atoms with van der Waals surface area (Å²) in [6.07, 6.45) is 5.40. The Bertz CT molecular complexity index is 1070. The minimum atomic E-state index is -0.554. The van der Waals surface area contributed by atoms with E-state index < -0.39 is 10.8 Å². The number of nitro groups is 1. The number of benzene rings is 1. The summed E-state index contributed by atoms with van der Waals surface area (Å²) in [5, 5.41) is 11.1. The number of para-hydroxylation sites is 1. The van der Waals surface area contributed by atoms with E-state index in [1.807, 2.05) is 6.07 Å². The molecule has 0 radical (unpaired) electrons. The van der Waals surface area contributed by atoms with Crippen LogP contribution in [0.25, 0.3) is 10.2 Å². The lowest BCUT2D eigenvalue weighted by Gasteiger charge is -2.01. The van der Waals surface area contributed by atoms with Gasteiger partial charge >= 0.3 is 5.00 Å². The number of thiazole rings is 1. The Morgan fingerprint density at radius 1 is 1.38 bits per heavy atom. The number of thiophene rings is 1. The molecule has 0 unspecified atom stereocenters. The molecule has 0 fully saturated rings. The molecule has 3 rings (SSSR count). The van der Waals surface area contributed by atoms with Crippen molar-refractivity contribution >= 4 is 55.4 Å². The number of halogens is 1. The molecule has 24 heavy (non-hydrogen) atoms. The number of nitrogens with zero attached hydrogens (tertiary/aromatic N) is 3. The van der Waals surface area contributed by atoms with Crippen LogP contribution in [0.15, 0.2) is 35.3 Å². The van der Waals surface area contributed by atoms with Gasteiger partial charge in [0.25, 0.3) is 5.91 Å². The van der Waals surface area contributed by atoms with Gasteiger partial charge < -0.3 is 4.57 Å². The van der Waals surface area contributed by atoms with Gasteiger partial charge in [-0.1, -0.05) is 46.3 Å². The SMILES string of the molecule is C#CCn1c(=NC(=O)c2ccc([N+](=O)[O-])s2)sc2cccc(Cl)c21.